The molecule has 4 aromatic rings. The minimum absolute atomic E-state index is 0.141. The van der Waals surface area contributed by atoms with Gasteiger partial charge in [0.25, 0.3) is 0 Å². The topological polar surface area (TPSA) is 103 Å². The number of thiophene rings is 1. The molecule has 9 heteroatoms. The van der Waals surface area contributed by atoms with Crippen LogP contribution in [-0.4, -0.2) is 32.8 Å². The second-order valence-electron chi connectivity index (χ2n) is 5.72. The zero-order chi connectivity index (χ0) is 20.3. The average Bonchev–Trinajstić information content (AvgIpc) is 3.26. The molecule has 0 saturated heterocycles. The van der Waals surface area contributed by atoms with E-state index in [-0.39, 0.29) is 11.8 Å². The summed E-state index contributed by atoms with van der Waals surface area (Å²) in [6.45, 7) is 1.89. The maximum Gasteiger partial charge on any atom is 0.345 e. The number of pyridine rings is 1. The number of aryl methyl sites for hydroxylation is 1. The summed E-state index contributed by atoms with van der Waals surface area (Å²) < 4.78 is 20.1. The SMILES string of the molecule is COc1ccc(-c2cccc(F)c2)n2nc(N)nc12.Cc1ccc(C(=O)O)s1. The highest BCUT2D eigenvalue weighted by molar-refractivity contribution is 7.13. The number of ether oxygens (including phenoxy) is 1. The van der Waals surface area contributed by atoms with Crippen LogP contribution >= 0.6 is 11.3 Å². The predicted octanol–water partition coefficient (Wildman–Crippen LogP) is 3.88. The van der Waals surface area contributed by atoms with Gasteiger partial charge >= 0.3 is 5.97 Å². The van der Waals surface area contributed by atoms with Crippen LogP contribution in [0.3, 0.4) is 0 Å². The Bertz CT molecular complexity index is 1140. The average molecular weight is 400 g/mol. The lowest BCUT2D eigenvalue weighted by Gasteiger charge is -2.07. The van der Waals surface area contributed by atoms with E-state index in [1.165, 1.54) is 23.5 Å². The molecule has 3 aromatic heterocycles. The van der Waals surface area contributed by atoms with Crippen molar-refractivity contribution in [3.63, 3.8) is 0 Å². The van der Waals surface area contributed by atoms with Crippen LogP contribution in [0.4, 0.5) is 10.3 Å². The van der Waals surface area contributed by atoms with Crippen molar-refractivity contribution in [1.29, 1.82) is 0 Å². The van der Waals surface area contributed by atoms with Crippen LogP contribution in [0.1, 0.15) is 14.5 Å². The molecular weight excluding hydrogens is 383 g/mol. The summed E-state index contributed by atoms with van der Waals surface area (Å²) >= 11 is 1.30. The van der Waals surface area contributed by atoms with Crippen molar-refractivity contribution in [3.8, 4) is 17.0 Å². The van der Waals surface area contributed by atoms with Crippen LogP contribution in [0.15, 0.2) is 48.5 Å². The largest absolute Gasteiger partial charge is 0.493 e. The van der Waals surface area contributed by atoms with Gasteiger partial charge in [-0.25, -0.2) is 13.7 Å². The van der Waals surface area contributed by atoms with E-state index in [4.69, 9.17) is 15.6 Å². The second-order valence-corrected chi connectivity index (χ2v) is 7.01. The summed E-state index contributed by atoms with van der Waals surface area (Å²) in [6, 6.07) is 13.2. The van der Waals surface area contributed by atoms with Gasteiger partial charge in [-0.3, -0.25) is 0 Å². The quantitative estimate of drug-likeness (QED) is 0.541. The third-order valence-electron chi connectivity index (χ3n) is 3.76. The maximum absolute atomic E-state index is 13.3. The molecule has 0 unspecified atom stereocenters. The van der Waals surface area contributed by atoms with Crippen molar-refractivity contribution in [1.82, 2.24) is 14.6 Å². The highest BCUT2D eigenvalue weighted by Gasteiger charge is 2.12. The van der Waals surface area contributed by atoms with E-state index in [0.29, 0.717) is 27.5 Å². The number of halogens is 1. The van der Waals surface area contributed by atoms with Gasteiger partial charge in [0.15, 0.2) is 11.4 Å². The van der Waals surface area contributed by atoms with Crippen molar-refractivity contribution < 1.29 is 19.0 Å². The van der Waals surface area contributed by atoms with Gasteiger partial charge in [-0.15, -0.1) is 16.4 Å². The van der Waals surface area contributed by atoms with Crippen molar-refractivity contribution in [3.05, 3.63) is 64.1 Å². The second kappa shape index (κ2) is 8.05. The summed E-state index contributed by atoms with van der Waals surface area (Å²) in [5.41, 5.74) is 7.51. The van der Waals surface area contributed by atoms with E-state index in [1.807, 2.05) is 6.92 Å². The summed E-state index contributed by atoms with van der Waals surface area (Å²) in [4.78, 5) is 15.8. The Hall–Kier alpha value is -3.46. The third kappa shape index (κ3) is 4.09. The number of nitrogens with zero attached hydrogens (tertiary/aromatic N) is 3. The molecule has 0 aliphatic rings. The first-order valence-electron chi connectivity index (χ1n) is 8.14. The van der Waals surface area contributed by atoms with Gasteiger partial charge in [0.05, 0.1) is 12.8 Å². The molecule has 3 heterocycles. The predicted molar refractivity (Wildman–Crippen MR) is 105 cm³/mol. The first-order chi connectivity index (χ1) is 13.4. The minimum atomic E-state index is -0.840. The molecule has 4 rings (SSSR count). The summed E-state index contributed by atoms with van der Waals surface area (Å²) in [6.07, 6.45) is 0. The molecule has 0 aliphatic carbocycles. The minimum Gasteiger partial charge on any atom is -0.493 e. The Kier molecular flexibility index (Phi) is 5.55. The van der Waals surface area contributed by atoms with Crippen LogP contribution in [0.5, 0.6) is 5.75 Å². The van der Waals surface area contributed by atoms with E-state index in [1.54, 1.807) is 48.0 Å². The van der Waals surface area contributed by atoms with Gasteiger partial charge in [0.2, 0.25) is 5.95 Å². The molecule has 0 amide bonds. The Morgan fingerprint density at radius 2 is 2.04 bits per heavy atom. The lowest BCUT2D eigenvalue weighted by atomic mass is 10.1. The first kappa shape index (κ1) is 19.3. The number of hydrogen-bond donors (Lipinski definition) is 2. The first-order valence-corrected chi connectivity index (χ1v) is 8.95. The van der Waals surface area contributed by atoms with Gasteiger partial charge in [0.1, 0.15) is 10.7 Å². The fourth-order valence-corrected chi connectivity index (χ4v) is 3.24. The van der Waals surface area contributed by atoms with Gasteiger partial charge < -0.3 is 15.6 Å². The normalized spacial score (nSPS) is 10.4. The van der Waals surface area contributed by atoms with Gasteiger partial charge in [-0.05, 0) is 43.3 Å². The molecule has 0 saturated carbocycles. The summed E-state index contributed by atoms with van der Waals surface area (Å²) in [7, 11) is 1.54. The number of nitrogens with two attached hydrogens (primary N) is 1. The number of methoxy groups -OCH3 is 1. The zero-order valence-electron chi connectivity index (χ0n) is 15.1. The number of nitrogen functional groups attached to an aromatic ring is 1. The number of carbonyl (C=O) groups is 1. The summed E-state index contributed by atoms with van der Waals surface area (Å²) in [5.74, 6) is -0.450. The molecule has 0 fully saturated rings. The molecule has 0 atom stereocenters. The number of carboxylic acid groups (broad SMARTS) is 1. The van der Waals surface area contributed by atoms with E-state index in [0.717, 1.165) is 4.88 Å². The van der Waals surface area contributed by atoms with Gasteiger partial charge in [-0.1, -0.05) is 12.1 Å². The van der Waals surface area contributed by atoms with Crippen LogP contribution in [0.2, 0.25) is 0 Å². The number of aromatic nitrogens is 3. The Labute approximate surface area is 163 Å². The van der Waals surface area contributed by atoms with Crippen LogP contribution < -0.4 is 10.5 Å². The molecule has 7 nitrogen and oxygen atoms in total. The van der Waals surface area contributed by atoms with Crippen molar-refractivity contribution in [2.45, 2.75) is 6.92 Å². The van der Waals surface area contributed by atoms with Crippen molar-refractivity contribution in [2.24, 2.45) is 0 Å². The molecule has 0 spiro atoms. The number of aromatic carboxylic acids is 1. The Balaban J connectivity index is 0.000000211. The lowest BCUT2D eigenvalue weighted by Crippen LogP contribution is -1.97. The van der Waals surface area contributed by atoms with Crippen molar-refractivity contribution >= 4 is 28.9 Å². The third-order valence-corrected chi connectivity index (χ3v) is 4.74. The molecule has 144 valence electrons. The molecule has 0 radical (unpaired) electrons. The Morgan fingerprint density at radius 3 is 2.61 bits per heavy atom. The highest BCUT2D eigenvalue weighted by atomic mass is 32.1. The van der Waals surface area contributed by atoms with E-state index in [2.05, 4.69) is 10.1 Å². The molecule has 1 aromatic carbocycles. The van der Waals surface area contributed by atoms with Crippen LogP contribution in [0.25, 0.3) is 16.9 Å². The number of carboxylic acids is 1. The zero-order valence-corrected chi connectivity index (χ0v) is 15.9. The number of anilines is 1. The van der Waals surface area contributed by atoms with E-state index < -0.39 is 5.97 Å². The number of fused-ring (bicyclic) bond motifs is 1. The smallest absolute Gasteiger partial charge is 0.345 e. The molecular formula is C19H17FN4O3S. The number of hydrogen-bond acceptors (Lipinski definition) is 6. The standard InChI is InChI=1S/C13H11FN4O.C6H6O2S/c1-19-11-6-5-10(8-3-2-4-9(14)7-8)18-12(11)16-13(15)17-18;1-4-2-3-5(9-4)6(7)8/h2-7H,1H3,(H2,15,17);2-3H,1H3,(H,7,8). The Morgan fingerprint density at radius 1 is 1.25 bits per heavy atom. The fraction of sp³-hybridized carbons (Fsp3) is 0.105. The number of rotatable bonds is 3. The maximum atomic E-state index is 13.3. The molecule has 0 bridgehead atoms. The fourth-order valence-electron chi connectivity index (χ4n) is 2.53. The van der Waals surface area contributed by atoms with E-state index >= 15 is 0 Å². The molecule has 3 N–H and O–H groups in total. The number of benzene rings is 1. The monoisotopic (exact) mass is 400 g/mol. The lowest BCUT2D eigenvalue weighted by molar-refractivity contribution is 0.0702. The summed E-state index contributed by atoms with van der Waals surface area (Å²) in [5, 5.41) is 12.5. The van der Waals surface area contributed by atoms with Crippen molar-refractivity contribution in [2.75, 3.05) is 12.8 Å². The van der Waals surface area contributed by atoms with Gasteiger partial charge in [-0.2, -0.15) is 4.98 Å². The molecule has 28 heavy (non-hydrogen) atoms. The van der Waals surface area contributed by atoms with Crippen LogP contribution in [-0.2, 0) is 0 Å². The molecule has 0 aliphatic heterocycles. The van der Waals surface area contributed by atoms with Crippen LogP contribution in [0, 0.1) is 12.7 Å². The van der Waals surface area contributed by atoms with E-state index in [9.17, 15) is 9.18 Å². The highest BCUT2D eigenvalue weighted by Crippen LogP contribution is 2.26. The van der Waals surface area contributed by atoms with Gasteiger partial charge in [0, 0.05) is 10.4 Å².